The summed E-state index contributed by atoms with van der Waals surface area (Å²) in [6.45, 7) is 6.08. The molecule has 1 aliphatic rings. The summed E-state index contributed by atoms with van der Waals surface area (Å²) in [6, 6.07) is 0. The first-order chi connectivity index (χ1) is 8.16. The maximum atomic E-state index is 11.5. The molecule has 0 atom stereocenters. The lowest BCUT2D eigenvalue weighted by Crippen LogP contribution is -2.24. The van der Waals surface area contributed by atoms with E-state index in [2.05, 4.69) is 20.8 Å². The Morgan fingerprint density at radius 1 is 1.59 bits per heavy atom. The molecule has 2 rings (SSSR count). The van der Waals surface area contributed by atoms with Crippen LogP contribution in [-0.2, 0) is 17.7 Å². The first-order valence-corrected chi connectivity index (χ1v) is 5.87. The van der Waals surface area contributed by atoms with Crippen molar-refractivity contribution in [3.8, 4) is 0 Å². The van der Waals surface area contributed by atoms with Gasteiger partial charge in [0.25, 0.3) is 0 Å². The molecule has 0 spiro atoms. The van der Waals surface area contributed by atoms with Crippen molar-refractivity contribution in [1.82, 2.24) is 15.5 Å². The third kappa shape index (κ3) is 2.97. The monoisotopic (exact) mass is 238 g/mol. The number of ether oxygens (including phenoxy) is 1. The molecule has 0 fully saturated rings. The van der Waals surface area contributed by atoms with Gasteiger partial charge in [-0.15, -0.1) is 0 Å². The molecule has 17 heavy (non-hydrogen) atoms. The highest BCUT2D eigenvalue weighted by atomic mass is 16.5. The number of aromatic amines is 1. The summed E-state index contributed by atoms with van der Waals surface area (Å²) in [7, 11) is 0. The van der Waals surface area contributed by atoms with Crippen LogP contribution in [0.15, 0.2) is 0 Å². The van der Waals surface area contributed by atoms with Gasteiger partial charge in [0.05, 0.1) is 12.3 Å². The largest absolute Gasteiger partial charge is 0.449 e. The second kappa shape index (κ2) is 5.18. The fourth-order valence-corrected chi connectivity index (χ4v) is 1.72. The molecule has 0 saturated heterocycles. The van der Waals surface area contributed by atoms with E-state index in [1.807, 2.05) is 13.8 Å². The van der Waals surface area contributed by atoms with Crippen LogP contribution in [0.5, 0.6) is 0 Å². The number of fused-ring (bicyclic) bond motifs is 1. The number of H-pyrrole nitrogens is 1. The number of aromatic nitrogens is 2. The predicted molar refractivity (Wildman–Crippen MR) is 63.8 cm³/mol. The van der Waals surface area contributed by atoms with Gasteiger partial charge >= 0.3 is 6.09 Å². The summed E-state index contributed by atoms with van der Waals surface area (Å²) in [5, 5.41) is 12.9. The van der Waals surface area contributed by atoms with Crippen LogP contribution >= 0.6 is 0 Å². The molecule has 0 unspecified atom stereocenters. The lowest BCUT2D eigenvalue weighted by atomic mass is 10.1. The van der Waals surface area contributed by atoms with E-state index in [1.165, 1.54) is 0 Å². The van der Waals surface area contributed by atoms with E-state index in [-0.39, 0.29) is 0 Å². The standard InChI is InChI=1S/C11H18N4O2/c1-7(2)6-17-11(16)13-10-8-3-4-12-5-9(8)14-15-10/h7,12H,3-6H2,1-2H3,(H2,13,14,15,16). The molecule has 3 N–H and O–H groups in total. The molecular formula is C11H18N4O2. The zero-order valence-electron chi connectivity index (χ0n) is 10.2. The van der Waals surface area contributed by atoms with Crippen LogP contribution in [0.25, 0.3) is 0 Å². The Balaban J connectivity index is 1.94. The average Bonchev–Trinajstić information content (AvgIpc) is 2.70. The smallest absolute Gasteiger partial charge is 0.412 e. The second-order valence-electron chi connectivity index (χ2n) is 4.57. The highest BCUT2D eigenvalue weighted by molar-refractivity contribution is 5.84. The van der Waals surface area contributed by atoms with Gasteiger partial charge in [0.15, 0.2) is 5.82 Å². The molecule has 0 radical (unpaired) electrons. The molecule has 1 aliphatic heterocycles. The van der Waals surface area contributed by atoms with Crippen LogP contribution in [0, 0.1) is 5.92 Å². The Kier molecular flexibility index (Phi) is 3.63. The van der Waals surface area contributed by atoms with Gasteiger partial charge in [-0.05, 0) is 18.9 Å². The topological polar surface area (TPSA) is 79.0 Å². The number of carbonyl (C=O) groups excluding carboxylic acids is 1. The highest BCUT2D eigenvalue weighted by Gasteiger charge is 2.18. The van der Waals surface area contributed by atoms with Crippen molar-refractivity contribution in [2.45, 2.75) is 26.8 Å². The van der Waals surface area contributed by atoms with Crippen molar-refractivity contribution in [1.29, 1.82) is 0 Å². The molecule has 0 bridgehead atoms. The maximum Gasteiger partial charge on any atom is 0.412 e. The number of anilines is 1. The molecule has 0 saturated carbocycles. The maximum absolute atomic E-state index is 11.5. The Morgan fingerprint density at radius 2 is 2.41 bits per heavy atom. The summed E-state index contributed by atoms with van der Waals surface area (Å²) >= 11 is 0. The third-order valence-corrected chi connectivity index (χ3v) is 2.57. The van der Waals surface area contributed by atoms with Gasteiger partial charge in [-0.3, -0.25) is 10.4 Å². The minimum Gasteiger partial charge on any atom is -0.449 e. The van der Waals surface area contributed by atoms with Gasteiger partial charge in [-0.25, -0.2) is 4.79 Å². The minimum atomic E-state index is -0.438. The minimum absolute atomic E-state index is 0.332. The Morgan fingerprint density at radius 3 is 3.18 bits per heavy atom. The summed E-state index contributed by atoms with van der Waals surface area (Å²) in [4.78, 5) is 11.5. The number of carbonyl (C=O) groups is 1. The van der Waals surface area contributed by atoms with Crippen molar-refractivity contribution in [3.05, 3.63) is 11.3 Å². The number of nitrogens with zero attached hydrogens (tertiary/aromatic N) is 1. The van der Waals surface area contributed by atoms with Gasteiger partial charge in [0.1, 0.15) is 0 Å². The average molecular weight is 238 g/mol. The molecule has 94 valence electrons. The van der Waals surface area contributed by atoms with E-state index < -0.39 is 6.09 Å². The first-order valence-electron chi connectivity index (χ1n) is 5.87. The highest BCUT2D eigenvalue weighted by Crippen LogP contribution is 2.19. The molecule has 1 aromatic rings. The fraction of sp³-hybridized carbons (Fsp3) is 0.636. The van der Waals surface area contributed by atoms with Crippen molar-refractivity contribution in [3.63, 3.8) is 0 Å². The molecule has 1 aromatic heterocycles. The van der Waals surface area contributed by atoms with Crippen LogP contribution in [0.4, 0.5) is 10.6 Å². The van der Waals surface area contributed by atoms with Crippen LogP contribution in [0.2, 0.25) is 0 Å². The van der Waals surface area contributed by atoms with E-state index in [0.717, 1.165) is 30.8 Å². The summed E-state index contributed by atoms with van der Waals surface area (Å²) in [6.07, 6.45) is 0.428. The molecule has 1 amide bonds. The van der Waals surface area contributed by atoms with Crippen LogP contribution < -0.4 is 10.6 Å². The first kappa shape index (κ1) is 11.9. The number of hydrogen-bond donors (Lipinski definition) is 3. The summed E-state index contributed by atoms with van der Waals surface area (Å²) in [5.74, 6) is 0.924. The normalized spacial score (nSPS) is 14.5. The predicted octanol–water partition coefficient (Wildman–Crippen LogP) is 1.26. The Hall–Kier alpha value is -1.56. The van der Waals surface area contributed by atoms with Gasteiger partial charge in [0, 0.05) is 12.1 Å². The molecule has 0 aliphatic carbocycles. The van der Waals surface area contributed by atoms with E-state index in [0.29, 0.717) is 18.3 Å². The van der Waals surface area contributed by atoms with Crippen LogP contribution in [0.1, 0.15) is 25.1 Å². The molecular weight excluding hydrogens is 220 g/mol. The van der Waals surface area contributed by atoms with Gasteiger partial charge < -0.3 is 10.1 Å². The molecule has 2 heterocycles. The Bertz CT molecular complexity index is 400. The zero-order chi connectivity index (χ0) is 12.3. The van der Waals surface area contributed by atoms with Gasteiger partial charge in [-0.1, -0.05) is 13.8 Å². The lowest BCUT2D eigenvalue weighted by molar-refractivity contribution is 0.147. The van der Waals surface area contributed by atoms with E-state index in [9.17, 15) is 4.79 Å². The van der Waals surface area contributed by atoms with E-state index >= 15 is 0 Å². The SMILES string of the molecule is CC(C)COC(=O)Nc1n[nH]c2c1CCNC2. The van der Waals surface area contributed by atoms with Crippen molar-refractivity contribution in [2.24, 2.45) is 5.92 Å². The summed E-state index contributed by atoms with van der Waals surface area (Å²) < 4.78 is 5.05. The van der Waals surface area contributed by atoms with Crippen molar-refractivity contribution >= 4 is 11.9 Å². The number of amides is 1. The molecule has 0 aromatic carbocycles. The molecule has 6 nitrogen and oxygen atoms in total. The van der Waals surface area contributed by atoms with Crippen LogP contribution in [0.3, 0.4) is 0 Å². The van der Waals surface area contributed by atoms with Crippen LogP contribution in [-0.4, -0.2) is 29.4 Å². The number of hydrogen-bond acceptors (Lipinski definition) is 4. The molecule has 6 heteroatoms. The van der Waals surface area contributed by atoms with Gasteiger partial charge in [0.2, 0.25) is 0 Å². The summed E-state index contributed by atoms with van der Waals surface area (Å²) in [5.41, 5.74) is 2.11. The lowest BCUT2D eigenvalue weighted by Gasteiger charge is -2.13. The third-order valence-electron chi connectivity index (χ3n) is 2.57. The van der Waals surface area contributed by atoms with E-state index in [1.54, 1.807) is 0 Å². The number of rotatable bonds is 3. The van der Waals surface area contributed by atoms with Crippen molar-refractivity contribution in [2.75, 3.05) is 18.5 Å². The zero-order valence-corrected chi connectivity index (χ0v) is 10.2. The number of nitrogens with one attached hydrogen (secondary N) is 3. The second-order valence-corrected chi connectivity index (χ2v) is 4.57. The van der Waals surface area contributed by atoms with Gasteiger partial charge in [-0.2, -0.15) is 5.10 Å². The Labute approximate surface area is 100 Å². The van der Waals surface area contributed by atoms with Crippen molar-refractivity contribution < 1.29 is 9.53 Å². The fourth-order valence-electron chi connectivity index (χ4n) is 1.72. The quantitative estimate of drug-likeness (QED) is 0.740. The van der Waals surface area contributed by atoms with E-state index in [4.69, 9.17) is 4.74 Å².